The monoisotopic (exact) mass is 360 g/mol. The molecule has 0 radical (unpaired) electrons. The molecule has 2 bridgehead atoms. The average Bonchev–Trinajstić information content (AvgIpc) is 2.99. The van der Waals surface area contributed by atoms with E-state index in [0.29, 0.717) is 0 Å². The number of rotatable bonds is 4. The van der Waals surface area contributed by atoms with Crippen LogP contribution < -0.4 is 10.6 Å². The molecular weight excluding hydrogens is 336 g/mol. The summed E-state index contributed by atoms with van der Waals surface area (Å²) >= 11 is 0. The van der Waals surface area contributed by atoms with Gasteiger partial charge in [-0.1, -0.05) is 24.3 Å². The Morgan fingerprint density at radius 3 is 2.37 bits per heavy atom. The second kappa shape index (κ2) is 5.09. The van der Waals surface area contributed by atoms with Gasteiger partial charge in [0.2, 0.25) is 11.9 Å². The van der Waals surface area contributed by atoms with Crippen molar-refractivity contribution in [3.63, 3.8) is 0 Å². The van der Waals surface area contributed by atoms with Crippen molar-refractivity contribution in [3.8, 4) is 11.3 Å². The molecule has 2 heterocycles. The van der Waals surface area contributed by atoms with Crippen LogP contribution in [-0.2, 0) is 23.1 Å². The Balaban J connectivity index is 1.32. The highest BCUT2D eigenvalue weighted by atomic mass is 16.1. The highest BCUT2D eigenvalue weighted by molar-refractivity contribution is 5.86. The van der Waals surface area contributed by atoms with E-state index in [1.807, 2.05) is 0 Å². The van der Waals surface area contributed by atoms with Gasteiger partial charge >= 0.3 is 0 Å². The van der Waals surface area contributed by atoms with Crippen molar-refractivity contribution in [2.75, 3.05) is 18.0 Å². The SMILES string of the molecule is NC(=O)C12CC(c3ccc(-c4nc(N5CCC5)nc5c4CCC5)cc3)(C1)C2. The van der Waals surface area contributed by atoms with Gasteiger partial charge in [-0.05, 0) is 55.9 Å². The highest BCUT2D eigenvalue weighted by Gasteiger charge is 2.71. The molecule has 138 valence electrons. The minimum atomic E-state index is -0.196. The van der Waals surface area contributed by atoms with E-state index in [-0.39, 0.29) is 16.7 Å². The summed E-state index contributed by atoms with van der Waals surface area (Å²) in [4.78, 5) is 23.7. The van der Waals surface area contributed by atoms with Crippen LogP contribution in [-0.4, -0.2) is 29.0 Å². The Morgan fingerprint density at radius 2 is 1.74 bits per heavy atom. The average molecular weight is 360 g/mol. The van der Waals surface area contributed by atoms with Crippen LogP contribution in [0, 0.1) is 5.41 Å². The lowest BCUT2D eigenvalue weighted by Gasteiger charge is -2.69. The third-order valence-corrected chi connectivity index (χ3v) is 7.38. The van der Waals surface area contributed by atoms with Crippen LogP contribution >= 0.6 is 0 Å². The highest BCUT2D eigenvalue weighted by Crippen LogP contribution is 2.73. The summed E-state index contributed by atoms with van der Waals surface area (Å²) in [6.45, 7) is 2.14. The quantitative estimate of drug-likeness (QED) is 0.910. The number of amides is 1. The molecule has 3 saturated carbocycles. The van der Waals surface area contributed by atoms with E-state index in [4.69, 9.17) is 15.7 Å². The van der Waals surface area contributed by atoms with Crippen molar-refractivity contribution >= 4 is 11.9 Å². The molecule has 0 spiro atoms. The van der Waals surface area contributed by atoms with Crippen molar-refractivity contribution in [1.29, 1.82) is 0 Å². The molecule has 1 aliphatic heterocycles. The van der Waals surface area contributed by atoms with Crippen LogP contribution in [0.1, 0.15) is 48.9 Å². The van der Waals surface area contributed by atoms with Crippen molar-refractivity contribution in [1.82, 2.24) is 9.97 Å². The number of benzene rings is 1. The number of aryl methyl sites for hydroxylation is 1. The van der Waals surface area contributed by atoms with Gasteiger partial charge in [-0.3, -0.25) is 4.79 Å². The van der Waals surface area contributed by atoms with Gasteiger partial charge in [0.05, 0.1) is 11.1 Å². The first kappa shape index (κ1) is 15.6. The van der Waals surface area contributed by atoms with Crippen molar-refractivity contribution in [2.24, 2.45) is 11.1 Å². The Labute approximate surface area is 159 Å². The van der Waals surface area contributed by atoms with E-state index in [1.165, 1.54) is 35.2 Å². The lowest BCUT2D eigenvalue weighted by Crippen LogP contribution is -2.69. The predicted molar refractivity (Wildman–Crippen MR) is 103 cm³/mol. The number of nitrogens with zero attached hydrogens (tertiary/aromatic N) is 3. The summed E-state index contributed by atoms with van der Waals surface area (Å²) < 4.78 is 0. The molecule has 4 aliphatic carbocycles. The molecule has 2 aromatic rings. The Hall–Kier alpha value is -2.43. The summed E-state index contributed by atoms with van der Waals surface area (Å²) in [5.74, 6) is 0.792. The first-order chi connectivity index (χ1) is 13.1. The number of anilines is 1. The van der Waals surface area contributed by atoms with E-state index in [2.05, 4.69) is 29.2 Å². The zero-order valence-corrected chi connectivity index (χ0v) is 15.5. The van der Waals surface area contributed by atoms with Gasteiger partial charge in [-0.2, -0.15) is 0 Å². The zero-order chi connectivity index (χ0) is 18.2. The number of carbonyl (C=O) groups excluding carboxylic acids is 1. The molecule has 0 atom stereocenters. The molecule has 5 heteroatoms. The van der Waals surface area contributed by atoms with Gasteiger partial charge in [0, 0.05) is 29.9 Å². The maximum absolute atomic E-state index is 11.6. The summed E-state index contributed by atoms with van der Waals surface area (Å²) in [5, 5.41) is 0. The fraction of sp³-hybridized carbons (Fsp3) is 0.500. The third-order valence-electron chi connectivity index (χ3n) is 7.38. The molecule has 1 aromatic heterocycles. The van der Waals surface area contributed by atoms with Crippen molar-refractivity contribution < 1.29 is 4.79 Å². The van der Waals surface area contributed by atoms with Gasteiger partial charge < -0.3 is 10.6 Å². The van der Waals surface area contributed by atoms with Crippen LogP contribution in [0.15, 0.2) is 24.3 Å². The summed E-state index contributed by atoms with van der Waals surface area (Å²) in [6, 6.07) is 8.92. The van der Waals surface area contributed by atoms with E-state index >= 15 is 0 Å². The summed E-state index contributed by atoms with van der Waals surface area (Å²) in [5.41, 5.74) is 11.8. The van der Waals surface area contributed by atoms with Crippen LogP contribution in [0.3, 0.4) is 0 Å². The minimum absolute atomic E-state index is 0.115. The number of primary amides is 1. The normalized spacial score (nSPS) is 30.1. The molecule has 5 nitrogen and oxygen atoms in total. The zero-order valence-electron chi connectivity index (χ0n) is 15.5. The molecular formula is C22H24N4O. The first-order valence-corrected chi connectivity index (χ1v) is 10.1. The molecule has 2 N–H and O–H groups in total. The van der Waals surface area contributed by atoms with Crippen LogP contribution in [0.2, 0.25) is 0 Å². The van der Waals surface area contributed by atoms with Crippen LogP contribution in [0.5, 0.6) is 0 Å². The van der Waals surface area contributed by atoms with E-state index in [9.17, 15) is 4.79 Å². The van der Waals surface area contributed by atoms with Gasteiger partial charge in [-0.25, -0.2) is 9.97 Å². The van der Waals surface area contributed by atoms with Gasteiger partial charge in [0.25, 0.3) is 0 Å². The molecule has 27 heavy (non-hydrogen) atoms. The van der Waals surface area contributed by atoms with E-state index in [0.717, 1.165) is 56.8 Å². The third kappa shape index (κ3) is 2.03. The van der Waals surface area contributed by atoms with Crippen molar-refractivity contribution in [3.05, 3.63) is 41.1 Å². The minimum Gasteiger partial charge on any atom is -0.369 e. The predicted octanol–water partition coefficient (Wildman–Crippen LogP) is 2.75. The standard InChI is InChI=1S/C22H24N4O/c23-19(27)22-11-21(12-22,13-22)15-7-5-14(6-8-15)18-16-3-1-4-17(16)24-20(25-18)26-9-2-10-26/h5-8H,1-4,9-13H2,(H2,23,27). The maximum atomic E-state index is 11.6. The molecule has 5 aliphatic rings. The Bertz CT molecular complexity index is 941. The summed E-state index contributed by atoms with van der Waals surface area (Å²) in [7, 11) is 0. The van der Waals surface area contributed by atoms with Crippen LogP contribution in [0.25, 0.3) is 11.3 Å². The number of carbonyl (C=O) groups is 1. The Morgan fingerprint density at radius 1 is 1.00 bits per heavy atom. The molecule has 7 rings (SSSR count). The fourth-order valence-corrected chi connectivity index (χ4v) is 5.65. The second-order valence-corrected chi connectivity index (χ2v) is 9.02. The van der Waals surface area contributed by atoms with E-state index in [1.54, 1.807) is 0 Å². The number of hydrogen-bond donors (Lipinski definition) is 1. The molecule has 1 saturated heterocycles. The fourth-order valence-electron chi connectivity index (χ4n) is 5.65. The molecule has 0 unspecified atom stereocenters. The largest absolute Gasteiger partial charge is 0.369 e. The lowest BCUT2D eigenvalue weighted by atomic mass is 9.33. The van der Waals surface area contributed by atoms with Gasteiger partial charge in [0.15, 0.2) is 0 Å². The lowest BCUT2D eigenvalue weighted by molar-refractivity contribution is -0.172. The Kier molecular flexibility index (Phi) is 2.94. The number of aromatic nitrogens is 2. The maximum Gasteiger partial charge on any atom is 0.226 e. The molecule has 1 aromatic carbocycles. The van der Waals surface area contributed by atoms with Crippen molar-refractivity contribution in [2.45, 2.75) is 50.4 Å². The van der Waals surface area contributed by atoms with Gasteiger partial charge in [0.1, 0.15) is 0 Å². The number of nitrogens with two attached hydrogens (primary N) is 1. The molecule has 4 fully saturated rings. The number of hydrogen-bond acceptors (Lipinski definition) is 4. The van der Waals surface area contributed by atoms with Gasteiger partial charge in [-0.15, -0.1) is 0 Å². The smallest absolute Gasteiger partial charge is 0.226 e. The molecule has 1 amide bonds. The first-order valence-electron chi connectivity index (χ1n) is 10.1. The summed E-state index contributed by atoms with van der Waals surface area (Å²) in [6.07, 6.45) is 7.35. The second-order valence-electron chi connectivity index (χ2n) is 9.02. The topological polar surface area (TPSA) is 72.1 Å². The van der Waals surface area contributed by atoms with E-state index < -0.39 is 0 Å². The van der Waals surface area contributed by atoms with Crippen LogP contribution in [0.4, 0.5) is 5.95 Å². The number of fused-ring (bicyclic) bond motifs is 1.